The Morgan fingerprint density at radius 3 is 1.73 bits per heavy atom. The first-order valence-corrected chi connectivity index (χ1v) is 15.6. The maximum absolute atomic E-state index is 6.74. The van der Waals surface area contributed by atoms with Gasteiger partial charge in [-0.1, -0.05) is 32.0 Å². The molecule has 1 unspecified atom stereocenters. The second-order valence-electron chi connectivity index (χ2n) is 14.4. The van der Waals surface area contributed by atoms with Crippen LogP contribution in [0.2, 0.25) is 0 Å². The van der Waals surface area contributed by atoms with Crippen molar-refractivity contribution in [1.29, 1.82) is 0 Å². The SMILES string of the molecule is Cc1cccc(C)c1OCCOC(C)(C)CC(COC(C)(C)C(C)(C)CCOC(C)C)OC(C)(C)CCOC(C)C. The lowest BCUT2D eigenvalue weighted by atomic mass is 9.74. The zero-order chi connectivity index (χ0) is 31.5. The average molecular weight is 581 g/mol. The summed E-state index contributed by atoms with van der Waals surface area (Å²) in [5.74, 6) is 0.942. The van der Waals surface area contributed by atoms with Crippen LogP contribution in [-0.4, -0.2) is 68.1 Å². The molecule has 0 aliphatic carbocycles. The quantitative estimate of drug-likeness (QED) is 0.136. The van der Waals surface area contributed by atoms with E-state index in [2.05, 4.69) is 115 Å². The Bertz CT molecular complexity index is 851. The van der Waals surface area contributed by atoms with Gasteiger partial charge in [-0.25, -0.2) is 0 Å². The molecule has 0 saturated heterocycles. The number of ether oxygens (including phenoxy) is 6. The molecule has 6 nitrogen and oxygen atoms in total. The molecule has 6 heteroatoms. The highest BCUT2D eigenvalue weighted by molar-refractivity contribution is 5.39. The Balaban J connectivity index is 2.88. The molecule has 1 atom stereocenters. The van der Waals surface area contributed by atoms with Crippen molar-refractivity contribution in [3.63, 3.8) is 0 Å². The number of hydrogen-bond donors (Lipinski definition) is 0. The van der Waals surface area contributed by atoms with Crippen LogP contribution < -0.4 is 4.74 Å². The molecule has 0 bridgehead atoms. The molecular formula is C35H64O6. The molecule has 1 aromatic carbocycles. The molecule has 0 N–H and O–H groups in total. The molecule has 0 saturated carbocycles. The number of hydrogen-bond acceptors (Lipinski definition) is 6. The van der Waals surface area contributed by atoms with E-state index < -0.39 is 5.60 Å². The smallest absolute Gasteiger partial charge is 0.125 e. The van der Waals surface area contributed by atoms with Crippen LogP contribution in [0.1, 0.15) is 113 Å². The molecule has 0 aliphatic heterocycles. The molecule has 0 spiro atoms. The number of para-hydroxylation sites is 1. The predicted molar refractivity (Wildman–Crippen MR) is 170 cm³/mol. The highest BCUT2D eigenvalue weighted by Gasteiger charge is 2.39. The fraction of sp³-hybridized carbons (Fsp3) is 0.829. The molecule has 1 rings (SSSR count). The standard InChI is InChI=1S/C35H64O6/c1-26(2)36-20-18-32(7,8)35(13,14)40-25-30(41-33(9,10)19-21-37-27(3)4)24-34(11,12)39-23-22-38-31-28(5)16-15-17-29(31)6/h15-17,26-27,30H,18-25H2,1-14H3. The maximum Gasteiger partial charge on any atom is 0.125 e. The van der Waals surface area contributed by atoms with Gasteiger partial charge in [0, 0.05) is 19.6 Å². The van der Waals surface area contributed by atoms with E-state index >= 15 is 0 Å². The third kappa shape index (κ3) is 14.7. The first-order valence-electron chi connectivity index (χ1n) is 15.6. The molecule has 0 amide bonds. The van der Waals surface area contributed by atoms with Crippen molar-refractivity contribution in [2.24, 2.45) is 5.41 Å². The van der Waals surface area contributed by atoms with Gasteiger partial charge in [0.15, 0.2) is 0 Å². The molecule has 0 fully saturated rings. The van der Waals surface area contributed by atoms with Gasteiger partial charge < -0.3 is 28.4 Å². The van der Waals surface area contributed by atoms with Crippen molar-refractivity contribution in [2.75, 3.05) is 33.0 Å². The summed E-state index contributed by atoms with van der Waals surface area (Å²) < 4.78 is 37.5. The van der Waals surface area contributed by atoms with Crippen molar-refractivity contribution in [1.82, 2.24) is 0 Å². The van der Waals surface area contributed by atoms with Crippen molar-refractivity contribution in [3.05, 3.63) is 29.3 Å². The van der Waals surface area contributed by atoms with Gasteiger partial charge >= 0.3 is 0 Å². The normalized spacial score (nSPS) is 14.2. The molecule has 0 radical (unpaired) electrons. The van der Waals surface area contributed by atoms with Crippen LogP contribution in [0.5, 0.6) is 5.75 Å². The topological polar surface area (TPSA) is 55.4 Å². The van der Waals surface area contributed by atoms with E-state index in [9.17, 15) is 0 Å². The fourth-order valence-corrected chi connectivity index (χ4v) is 4.63. The van der Waals surface area contributed by atoms with Crippen LogP contribution in [0.25, 0.3) is 0 Å². The summed E-state index contributed by atoms with van der Waals surface area (Å²) in [5.41, 5.74) is 1.04. The molecule has 41 heavy (non-hydrogen) atoms. The van der Waals surface area contributed by atoms with Crippen LogP contribution in [0.3, 0.4) is 0 Å². The molecule has 1 aromatic rings. The van der Waals surface area contributed by atoms with Crippen molar-refractivity contribution >= 4 is 0 Å². The van der Waals surface area contributed by atoms with E-state index in [0.29, 0.717) is 39.5 Å². The molecule has 240 valence electrons. The van der Waals surface area contributed by atoms with Gasteiger partial charge in [-0.05, 0) is 112 Å². The Kier molecular flexibility index (Phi) is 15.3. The lowest BCUT2D eigenvalue weighted by molar-refractivity contribution is -0.180. The number of aryl methyl sites for hydroxylation is 2. The molecule has 0 aliphatic rings. The molecular weight excluding hydrogens is 516 g/mol. The van der Waals surface area contributed by atoms with Crippen LogP contribution in [0.4, 0.5) is 0 Å². The van der Waals surface area contributed by atoms with E-state index in [-0.39, 0.29) is 34.9 Å². The zero-order valence-electron chi connectivity index (χ0n) is 29.1. The van der Waals surface area contributed by atoms with Gasteiger partial charge in [0.25, 0.3) is 0 Å². The lowest BCUT2D eigenvalue weighted by Crippen LogP contribution is -2.46. The highest BCUT2D eigenvalue weighted by Crippen LogP contribution is 2.38. The maximum atomic E-state index is 6.74. The van der Waals surface area contributed by atoms with E-state index in [1.165, 1.54) is 0 Å². The van der Waals surface area contributed by atoms with E-state index in [0.717, 1.165) is 29.7 Å². The van der Waals surface area contributed by atoms with Gasteiger partial charge in [0.05, 0.1) is 48.3 Å². The van der Waals surface area contributed by atoms with Gasteiger partial charge in [0.1, 0.15) is 12.4 Å². The Morgan fingerprint density at radius 1 is 0.659 bits per heavy atom. The second-order valence-corrected chi connectivity index (χ2v) is 14.4. The largest absolute Gasteiger partial charge is 0.491 e. The monoisotopic (exact) mass is 580 g/mol. The lowest BCUT2D eigenvalue weighted by Gasteiger charge is -2.43. The number of benzene rings is 1. The summed E-state index contributed by atoms with van der Waals surface area (Å²) in [7, 11) is 0. The number of rotatable bonds is 21. The van der Waals surface area contributed by atoms with Crippen molar-refractivity contribution < 1.29 is 28.4 Å². The third-order valence-corrected chi connectivity index (χ3v) is 8.03. The first kappa shape index (κ1) is 37.8. The fourth-order valence-electron chi connectivity index (χ4n) is 4.63. The van der Waals surface area contributed by atoms with Crippen LogP contribution in [0.15, 0.2) is 18.2 Å². The van der Waals surface area contributed by atoms with Gasteiger partial charge in [-0.3, -0.25) is 0 Å². The van der Waals surface area contributed by atoms with E-state index in [4.69, 9.17) is 28.4 Å². The first-order chi connectivity index (χ1) is 18.8. The second kappa shape index (κ2) is 16.6. The van der Waals surface area contributed by atoms with Crippen molar-refractivity contribution in [3.8, 4) is 5.75 Å². The minimum atomic E-state index is -0.423. The van der Waals surface area contributed by atoms with Gasteiger partial charge in [-0.15, -0.1) is 0 Å². The average Bonchev–Trinajstić information content (AvgIpc) is 2.80. The highest BCUT2D eigenvalue weighted by atomic mass is 16.6. The Labute approximate surface area is 253 Å². The summed E-state index contributed by atoms with van der Waals surface area (Å²) in [5, 5.41) is 0. The summed E-state index contributed by atoms with van der Waals surface area (Å²) in [6.07, 6.45) is 2.68. The Morgan fingerprint density at radius 2 is 1.20 bits per heavy atom. The zero-order valence-corrected chi connectivity index (χ0v) is 29.1. The summed E-state index contributed by atoms with van der Waals surface area (Å²) in [6.45, 7) is 32.6. The molecule has 0 aromatic heterocycles. The minimum Gasteiger partial charge on any atom is -0.491 e. The van der Waals surface area contributed by atoms with Crippen molar-refractivity contribution in [2.45, 2.75) is 151 Å². The predicted octanol–water partition coefficient (Wildman–Crippen LogP) is 8.48. The van der Waals surface area contributed by atoms with Crippen LogP contribution in [0, 0.1) is 19.3 Å². The van der Waals surface area contributed by atoms with Gasteiger partial charge in [-0.2, -0.15) is 0 Å². The Hall–Kier alpha value is -1.18. The summed E-state index contributed by atoms with van der Waals surface area (Å²) in [4.78, 5) is 0. The van der Waals surface area contributed by atoms with E-state index in [1.807, 2.05) is 0 Å². The minimum absolute atomic E-state index is 0.0792. The van der Waals surface area contributed by atoms with E-state index in [1.54, 1.807) is 0 Å². The third-order valence-electron chi connectivity index (χ3n) is 8.03. The summed E-state index contributed by atoms with van der Waals surface area (Å²) >= 11 is 0. The van der Waals surface area contributed by atoms with Crippen LogP contribution >= 0.6 is 0 Å². The van der Waals surface area contributed by atoms with Crippen LogP contribution in [-0.2, 0) is 23.7 Å². The molecule has 0 heterocycles. The summed E-state index contributed by atoms with van der Waals surface area (Å²) in [6, 6.07) is 6.20. The van der Waals surface area contributed by atoms with Gasteiger partial charge in [0.2, 0.25) is 0 Å².